The molecule has 0 atom stereocenters. The van der Waals surface area contributed by atoms with Gasteiger partial charge in [-0.25, -0.2) is 0 Å². The second-order valence-corrected chi connectivity index (χ2v) is 15.2. The largest absolute Gasteiger partial charge is 0.506 e. The second kappa shape index (κ2) is 13.4. The summed E-state index contributed by atoms with van der Waals surface area (Å²) >= 11 is 0. The van der Waals surface area contributed by atoms with Gasteiger partial charge in [0.2, 0.25) is 51.7 Å². The zero-order chi connectivity index (χ0) is 51.0. The highest BCUT2D eigenvalue weighted by Gasteiger charge is 2.40. The van der Waals surface area contributed by atoms with Gasteiger partial charge in [-0.05, 0) is 0 Å². The average molecular weight is 962 g/mol. The van der Waals surface area contributed by atoms with Crippen molar-refractivity contribution in [1.82, 2.24) is 4.98 Å². The van der Waals surface area contributed by atoms with Crippen LogP contribution < -0.4 is 0 Å². The van der Waals surface area contributed by atoms with Crippen LogP contribution in [0.25, 0.3) is 87.5 Å². The first-order valence-electron chi connectivity index (χ1n) is 18.6. The number of phenols is 26. The Bertz CT molecular complexity index is 3860. The molecule has 0 saturated carbocycles. The van der Waals surface area contributed by atoms with Gasteiger partial charge in [0.15, 0.2) is 92.0 Å². The van der Waals surface area contributed by atoms with E-state index in [0.29, 0.717) is 0 Å². The summed E-state index contributed by atoms with van der Waals surface area (Å²) in [6, 6.07) is 0. The van der Waals surface area contributed by atoms with Crippen LogP contribution in [0.15, 0.2) is 0 Å². The fourth-order valence-electron chi connectivity index (χ4n) is 8.67. The van der Waals surface area contributed by atoms with E-state index < -0.39 is 237 Å². The third kappa shape index (κ3) is 4.86. The van der Waals surface area contributed by atoms with Crippen LogP contribution in [0, 0.1) is 0 Å². The average Bonchev–Trinajstić information content (AvgIpc) is 3.72. The summed E-state index contributed by atoms with van der Waals surface area (Å²) in [5, 5.41) is 279. The maximum absolute atomic E-state index is 11.8. The summed E-state index contributed by atoms with van der Waals surface area (Å²) in [7, 11) is 0. The zero-order valence-electron chi connectivity index (χ0n) is 33.1. The quantitative estimate of drug-likeness (QED) is 0.0672. The number of hydrogen-bond donors (Lipinski definition) is 27. The maximum atomic E-state index is 11.8. The van der Waals surface area contributed by atoms with E-state index in [1.807, 2.05) is 0 Å². The predicted octanol–water partition coefficient (Wildman–Crippen LogP) is 4.13. The zero-order valence-corrected chi connectivity index (χ0v) is 33.1. The summed E-state index contributed by atoms with van der Waals surface area (Å²) in [6.07, 6.45) is 0. The summed E-state index contributed by atoms with van der Waals surface area (Å²) in [4.78, 5) is 2.28. The molecule has 0 radical (unpaired) electrons. The number of benzene rings is 8. The molecule has 0 unspecified atom stereocenters. The minimum Gasteiger partial charge on any atom is -0.506 e. The number of phenolic OH excluding ortho intramolecular Hbond substituents is 26. The van der Waals surface area contributed by atoms with Crippen molar-refractivity contribution in [3.05, 3.63) is 0 Å². The topological polar surface area (TPSA) is 542 Å². The van der Waals surface area contributed by atoms with E-state index in [-0.39, 0.29) is 0 Å². The van der Waals surface area contributed by atoms with E-state index in [1.54, 1.807) is 0 Å². The molecular formula is C42H27NO26. The molecule has 356 valence electrons. The van der Waals surface area contributed by atoms with Gasteiger partial charge in [0, 0.05) is 43.6 Å². The minimum atomic E-state index is -1.88. The number of H-pyrrole nitrogens is 1. The van der Waals surface area contributed by atoms with Gasteiger partial charge >= 0.3 is 0 Å². The van der Waals surface area contributed by atoms with Crippen LogP contribution in [0.3, 0.4) is 0 Å². The number of hydrogen-bond acceptors (Lipinski definition) is 26. The van der Waals surface area contributed by atoms with E-state index in [2.05, 4.69) is 4.98 Å². The van der Waals surface area contributed by atoms with Crippen LogP contribution in [0.4, 0.5) is 0 Å². The molecule has 27 nitrogen and oxygen atoms in total. The van der Waals surface area contributed by atoms with Crippen molar-refractivity contribution in [2.75, 3.05) is 0 Å². The molecule has 0 fully saturated rings. The number of aromatic hydroxyl groups is 26. The van der Waals surface area contributed by atoms with Crippen LogP contribution in [0.2, 0.25) is 0 Å². The van der Waals surface area contributed by atoms with Crippen LogP contribution in [-0.4, -0.2) is 138 Å². The number of fused-ring (bicyclic) bond motifs is 6. The molecule has 8 aromatic carbocycles. The fourth-order valence-corrected chi connectivity index (χ4v) is 8.67. The highest BCUT2D eigenvalue weighted by Crippen LogP contribution is 2.69. The molecule has 27 heteroatoms. The Morgan fingerprint density at radius 1 is 0.130 bits per heavy atom. The first kappa shape index (κ1) is 43.4. The van der Waals surface area contributed by atoms with Gasteiger partial charge in [-0.1, -0.05) is 0 Å². The first-order valence-corrected chi connectivity index (χ1v) is 18.6. The van der Waals surface area contributed by atoms with Crippen LogP contribution in [-0.2, 0) is 0 Å². The van der Waals surface area contributed by atoms with E-state index in [0.717, 1.165) is 0 Å². The van der Waals surface area contributed by atoms with Crippen LogP contribution in [0.5, 0.6) is 149 Å². The Hall–Kier alpha value is -10.9. The van der Waals surface area contributed by atoms with Gasteiger partial charge in [0.25, 0.3) is 0 Å². The van der Waals surface area contributed by atoms with Crippen LogP contribution in [0.1, 0.15) is 0 Å². The molecule has 27 N–H and O–H groups in total. The molecule has 9 rings (SSSR count). The van der Waals surface area contributed by atoms with Crippen molar-refractivity contribution in [3.63, 3.8) is 0 Å². The van der Waals surface area contributed by atoms with Crippen molar-refractivity contribution in [2.45, 2.75) is 0 Å². The minimum absolute atomic E-state index is 0.829. The SMILES string of the molecule is Oc1c(O)c(-c2c3c(O)c(O)c(O)c(O)c3c(-c3c(O)c(O)c(O)c4[nH]c5c(O)c(O)c(O)c(O)c5c34)c3c(O)c(O)c(O)c(O)c23)c(O)c(O)c1-c1c(O)c(O)c2c(O)c(O)c(O)c(O)c2c1O. The third-order valence-corrected chi connectivity index (χ3v) is 11.8. The van der Waals surface area contributed by atoms with Crippen molar-refractivity contribution >= 4 is 54.1 Å². The highest BCUT2D eigenvalue weighted by molar-refractivity contribution is 6.34. The predicted molar refractivity (Wildman–Crippen MR) is 228 cm³/mol. The lowest BCUT2D eigenvalue weighted by molar-refractivity contribution is 0.347. The summed E-state index contributed by atoms with van der Waals surface area (Å²) in [6.45, 7) is 0. The molecule has 1 heterocycles. The number of nitrogens with one attached hydrogen (secondary N) is 1. The normalized spacial score (nSPS) is 11.8. The van der Waals surface area contributed by atoms with E-state index in [1.165, 1.54) is 0 Å². The molecule has 0 aliphatic carbocycles. The van der Waals surface area contributed by atoms with Crippen molar-refractivity contribution in [2.24, 2.45) is 0 Å². The molecular weight excluding hydrogens is 934 g/mol. The van der Waals surface area contributed by atoms with Gasteiger partial charge in [0.05, 0.1) is 43.9 Å². The van der Waals surface area contributed by atoms with E-state index in [9.17, 15) is 133 Å². The molecule has 0 bridgehead atoms. The summed E-state index contributed by atoms with van der Waals surface area (Å²) in [5.41, 5.74) is -10.2. The lowest BCUT2D eigenvalue weighted by Crippen LogP contribution is -1.97. The summed E-state index contributed by atoms with van der Waals surface area (Å²) in [5.74, 6) is -42.5. The van der Waals surface area contributed by atoms with Gasteiger partial charge in [-0.3, -0.25) is 0 Å². The van der Waals surface area contributed by atoms with Crippen molar-refractivity contribution < 1.29 is 133 Å². The monoisotopic (exact) mass is 961 g/mol. The standard InChI is InChI=1S/C42H27NO26/c44-17-11(26(53)29(56)14-12(17)30(57)40(67)41(68)31(14)58)13-27(54)24(51)10(25(52)28(13)55)2-7-5(19(46)35(62)37(64)21(7)48)1(6-8(2)22(49)38(65)36(63)20(6)47)4-3-9-16(33(60)42(69)39(66)23(9)50)43-15(3)32(59)34(61)18(4)45/h43-69H. The highest BCUT2D eigenvalue weighted by atomic mass is 16.4. The Morgan fingerprint density at radius 3 is 0.710 bits per heavy atom. The Morgan fingerprint density at radius 2 is 0.333 bits per heavy atom. The molecule has 0 spiro atoms. The van der Waals surface area contributed by atoms with Crippen LogP contribution >= 0.6 is 0 Å². The van der Waals surface area contributed by atoms with Crippen molar-refractivity contribution in [3.8, 4) is 183 Å². The summed E-state index contributed by atoms with van der Waals surface area (Å²) < 4.78 is 0. The Kier molecular flexibility index (Phi) is 8.40. The van der Waals surface area contributed by atoms with E-state index >= 15 is 0 Å². The molecule has 0 aliphatic rings. The molecule has 69 heavy (non-hydrogen) atoms. The first-order chi connectivity index (χ1) is 32.2. The molecule has 0 amide bonds. The smallest absolute Gasteiger partial charge is 0.206 e. The van der Waals surface area contributed by atoms with Gasteiger partial charge < -0.3 is 138 Å². The number of rotatable bonds is 3. The Labute approximate surface area is 374 Å². The molecule has 0 saturated heterocycles. The van der Waals surface area contributed by atoms with Crippen molar-refractivity contribution in [1.29, 1.82) is 0 Å². The third-order valence-electron chi connectivity index (χ3n) is 11.8. The van der Waals surface area contributed by atoms with Gasteiger partial charge in [-0.2, -0.15) is 0 Å². The molecule has 9 aromatic rings. The lowest BCUT2D eigenvalue weighted by Gasteiger charge is -2.25. The molecule has 0 aliphatic heterocycles. The number of aromatic nitrogens is 1. The second-order valence-electron chi connectivity index (χ2n) is 15.2. The molecule has 1 aromatic heterocycles. The maximum Gasteiger partial charge on any atom is 0.206 e. The fraction of sp³-hybridized carbons (Fsp3) is 0. The van der Waals surface area contributed by atoms with Gasteiger partial charge in [-0.15, -0.1) is 0 Å². The van der Waals surface area contributed by atoms with E-state index in [4.69, 9.17) is 0 Å². The lowest BCUT2D eigenvalue weighted by atomic mass is 9.81. The Balaban J connectivity index is 1.57. The van der Waals surface area contributed by atoms with Gasteiger partial charge in [0.1, 0.15) is 5.75 Å². The number of aromatic amines is 1.